The number of carbonyl (C=O) groups excluding carboxylic acids is 1. The molecule has 2 rings (SSSR count). The maximum Gasteiger partial charge on any atom is 0.287 e. The average molecular weight is 351 g/mol. The molecule has 0 saturated heterocycles. The fourth-order valence-electron chi connectivity index (χ4n) is 2.10. The van der Waals surface area contributed by atoms with E-state index in [1.54, 1.807) is 12.1 Å². The zero-order valence-corrected chi connectivity index (χ0v) is 14.0. The van der Waals surface area contributed by atoms with Crippen LogP contribution >= 0.6 is 15.9 Å². The first-order chi connectivity index (χ1) is 9.97. The molecule has 1 heterocycles. The summed E-state index contributed by atoms with van der Waals surface area (Å²) >= 11 is 3.19. The second-order valence-corrected chi connectivity index (χ2v) is 5.99. The third-order valence-corrected chi connectivity index (χ3v) is 3.76. The van der Waals surface area contributed by atoms with E-state index < -0.39 is 0 Å². The maximum atomic E-state index is 12.0. The van der Waals surface area contributed by atoms with Crippen LogP contribution in [-0.2, 0) is 0 Å². The number of rotatable bonds is 5. The highest BCUT2D eigenvalue weighted by Gasteiger charge is 2.17. The maximum absolute atomic E-state index is 12.0. The summed E-state index contributed by atoms with van der Waals surface area (Å²) in [6.07, 6.45) is 0. The van der Waals surface area contributed by atoms with Gasteiger partial charge < -0.3 is 14.6 Å². The Morgan fingerprint density at radius 2 is 1.90 bits per heavy atom. The zero-order chi connectivity index (χ0) is 15.4. The number of carbonyl (C=O) groups is 1. The minimum atomic E-state index is -0.209. The normalized spacial score (nSPS) is 12.4. The van der Waals surface area contributed by atoms with Gasteiger partial charge in [0.25, 0.3) is 5.91 Å². The van der Waals surface area contributed by atoms with E-state index in [9.17, 15) is 4.79 Å². The molecule has 0 saturated carbocycles. The lowest BCUT2D eigenvalue weighted by molar-refractivity contribution is 0.0913. The van der Waals surface area contributed by atoms with Gasteiger partial charge in [0.2, 0.25) is 0 Å². The Kier molecular flexibility index (Phi) is 5.20. The fraction of sp³-hybridized carbons (Fsp3) is 0.312. The summed E-state index contributed by atoms with van der Waals surface area (Å²) in [4.78, 5) is 14.1. The number of benzene rings is 1. The summed E-state index contributed by atoms with van der Waals surface area (Å²) in [5, 5.41) is 2.91. The Hall–Kier alpha value is -1.59. The molecule has 0 unspecified atom stereocenters. The quantitative estimate of drug-likeness (QED) is 0.898. The molecule has 2 aromatic rings. The summed E-state index contributed by atoms with van der Waals surface area (Å²) in [5.74, 6) is 0.1000. The smallest absolute Gasteiger partial charge is 0.287 e. The van der Waals surface area contributed by atoms with Crippen LogP contribution in [0, 0.1) is 6.92 Å². The van der Waals surface area contributed by atoms with E-state index in [0.717, 1.165) is 0 Å². The van der Waals surface area contributed by atoms with Gasteiger partial charge in [-0.1, -0.05) is 29.8 Å². The Bertz CT molecular complexity index is 605. The van der Waals surface area contributed by atoms with E-state index in [-0.39, 0.29) is 11.9 Å². The SMILES string of the molecule is Cc1ccc([C@H](CNC(=O)c2ccc(Br)o2)N(C)C)cc1. The number of likely N-dealkylation sites (N-methyl/N-ethyl adjacent to an activating group) is 1. The van der Waals surface area contributed by atoms with Crippen molar-refractivity contribution in [3.05, 3.63) is 58.0 Å². The number of nitrogens with zero attached hydrogens (tertiary/aromatic N) is 1. The number of furan rings is 1. The Labute approximate surface area is 133 Å². The van der Waals surface area contributed by atoms with E-state index >= 15 is 0 Å². The molecule has 112 valence electrons. The van der Waals surface area contributed by atoms with Crippen molar-refractivity contribution in [1.29, 1.82) is 0 Å². The van der Waals surface area contributed by atoms with Crippen LogP contribution in [0.3, 0.4) is 0 Å². The topological polar surface area (TPSA) is 45.5 Å². The zero-order valence-electron chi connectivity index (χ0n) is 12.4. The Morgan fingerprint density at radius 3 is 2.43 bits per heavy atom. The summed E-state index contributed by atoms with van der Waals surface area (Å²) in [6.45, 7) is 2.58. The molecule has 21 heavy (non-hydrogen) atoms. The van der Waals surface area contributed by atoms with E-state index in [0.29, 0.717) is 17.0 Å². The lowest BCUT2D eigenvalue weighted by Crippen LogP contribution is -2.34. The summed E-state index contributed by atoms with van der Waals surface area (Å²) in [5.41, 5.74) is 2.40. The van der Waals surface area contributed by atoms with Gasteiger partial charge in [-0.15, -0.1) is 0 Å². The average Bonchev–Trinajstić information content (AvgIpc) is 2.87. The van der Waals surface area contributed by atoms with Crippen LogP contribution in [-0.4, -0.2) is 31.4 Å². The van der Waals surface area contributed by atoms with Gasteiger partial charge in [-0.25, -0.2) is 0 Å². The summed E-state index contributed by atoms with van der Waals surface area (Å²) < 4.78 is 5.80. The van der Waals surface area contributed by atoms with Gasteiger partial charge in [0.05, 0.1) is 6.04 Å². The molecule has 0 fully saturated rings. The molecule has 0 aliphatic rings. The van der Waals surface area contributed by atoms with Crippen LogP contribution < -0.4 is 5.32 Å². The van der Waals surface area contributed by atoms with Gasteiger partial charge in [-0.3, -0.25) is 4.79 Å². The molecule has 0 bridgehead atoms. The highest BCUT2D eigenvalue weighted by Crippen LogP contribution is 2.19. The second-order valence-electron chi connectivity index (χ2n) is 5.20. The molecule has 0 aliphatic heterocycles. The highest BCUT2D eigenvalue weighted by molar-refractivity contribution is 9.10. The van der Waals surface area contributed by atoms with Gasteiger partial charge in [0.1, 0.15) is 0 Å². The lowest BCUT2D eigenvalue weighted by Gasteiger charge is -2.25. The van der Waals surface area contributed by atoms with E-state index in [1.165, 1.54) is 11.1 Å². The molecule has 0 radical (unpaired) electrons. The summed E-state index contributed by atoms with van der Waals surface area (Å²) in [6, 6.07) is 11.8. The number of hydrogen-bond acceptors (Lipinski definition) is 3. The van der Waals surface area contributed by atoms with Crippen LogP contribution in [0.4, 0.5) is 0 Å². The van der Waals surface area contributed by atoms with Crippen LogP contribution in [0.25, 0.3) is 0 Å². The molecule has 1 N–H and O–H groups in total. The minimum absolute atomic E-state index is 0.118. The van der Waals surface area contributed by atoms with Crippen molar-refractivity contribution in [3.63, 3.8) is 0 Å². The third kappa shape index (κ3) is 4.19. The first kappa shape index (κ1) is 15.8. The standard InChI is InChI=1S/C16H19BrN2O2/c1-11-4-6-12(7-5-11)13(19(2)3)10-18-16(20)14-8-9-15(17)21-14/h4-9,13H,10H2,1-3H3,(H,18,20)/t13-/m0/s1. The van der Waals surface area contributed by atoms with Crippen LogP contribution in [0.1, 0.15) is 27.7 Å². The molecular weight excluding hydrogens is 332 g/mol. The van der Waals surface area contributed by atoms with Gasteiger partial charge in [-0.2, -0.15) is 0 Å². The van der Waals surface area contributed by atoms with Crippen molar-refractivity contribution in [2.24, 2.45) is 0 Å². The van der Waals surface area contributed by atoms with E-state index in [4.69, 9.17) is 4.42 Å². The third-order valence-electron chi connectivity index (χ3n) is 3.34. The highest BCUT2D eigenvalue weighted by atomic mass is 79.9. The van der Waals surface area contributed by atoms with Crippen LogP contribution in [0.5, 0.6) is 0 Å². The van der Waals surface area contributed by atoms with Gasteiger partial charge in [0, 0.05) is 6.54 Å². The number of amides is 1. The van der Waals surface area contributed by atoms with Gasteiger partial charge in [-0.05, 0) is 54.6 Å². The van der Waals surface area contributed by atoms with Crippen LogP contribution in [0.2, 0.25) is 0 Å². The molecule has 1 aromatic carbocycles. The summed E-state index contributed by atoms with van der Waals surface area (Å²) in [7, 11) is 4.00. The van der Waals surface area contributed by atoms with E-state index in [1.807, 2.05) is 14.1 Å². The predicted octanol–water partition coefficient (Wildman–Crippen LogP) is 3.38. The van der Waals surface area contributed by atoms with Gasteiger partial charge >= 0.3 is 0 Å². The van der Waals surface area contributed by atoms with Crippen molar-refractivity contribution in [1.82, 2.24) is 10.2 Å². The van der Waals surface area contributed by atoms with Crippen molar-refractivity contribution in [2.45, 2.75) is 13.0 Å². The molecule has 1 atom stereocenters. The van der Waals surface area contributed by atoms with Crippen LogP contribution in [0.15, 0.2) is 45.5 Å². The first-order valence-corrected chi connectivity index (χ1v) is 7.53. The Morgan fingerprint density at radius 1 is 1.24 bits per heavy atom. The molecule has 0 aliphatic carbocycles. The number of aryl methyl sites for hydroxylation is 1. The molecular formula is C16H19BrN2O2. The van der Waals surface area contributed by atoms with Crippen molar-refractivity contribution < 1.29 is 9.21 Å². The predicted molar refractivity (Wildman–Crippen MR) is 86.3 cm³/mol. The number of halogens is 1. The molecule has 5 heteroatoms. The second kappa shape index (κ2) is 6.91. The number of nitrogens with one attached hydrogen (secondary N) is 1. The first-order valence-electron chi connectivity index (χ1n) is 6.74. The Balaban J connectivity index is 2.03. The monoisotopic (exact) mass is 350 g/mol. The molecule has 0 spiro atoms. The van der Waals surface area contributed by atoms with E-state index in [2.05, 4.69) is 57.3 Å². The van der Waals surface area contributed by atoms with Crippen molar-refractivity contribution >= 4 is 21.8 Å². The number of hydrogen-bond donors (Lipinski definition) is 1. The largest absolute Gasteiger partial charge is 0.444 e. The lowest BCUT2D eigenvalue weighted by atomic mass is 10.0. The van der Waals surface area contributed by atoms with Gasteiger partial charge in [0.15, 0.2) is 10.4 Å². The molecule has 1 aromatic heterocycles. The van der Waals surface area contributed by atoms with Crippen molar-refractivity contribution in [2.75, 3.05) is 20.6 Å². The minimum Gasteiger partial charge on any atom is -0.444 e. The molecule has 4 nitrogen and oxygen atoms in total. The molecule has 1 amide bonds. The van der Waals surface area contributed by atoms with Crippen molar-refractivity contribution in [3.8, 4) is 0 Å². The fourth-order valence-corrected chi connectivity index (χ4v) is 2.41.